The molecular weight excluding hydrogens is 286 g/mol. The van der Waals surface area contributed by atoms with E-state index in [2.05, 4.69) is 32.2 Å². The molecule has 0 radical (unpaired) electrons. The number of hydrogen-bond donors (Lipinski definition) is 1. The Kier molecular flexibility index (Phi) is 6.06. The van der Waals surface area contributed by atoms with Crippen LogP contribution in [0.3, 0.4) is 0 Å². The van der Waals surface area contributed by atoms with Crippen LogP contribution in [-0.2, 0) is 9.47 Å². The Hall–Kier alpha value is -0.610. The molecule has 1 aliphatic heterocycles. The van der Waals surface area contributed by atoms with Gasteiger partial charge in [-0.2, -0.15) is 0 Å². The van der Waals surface area contributed by atoms with Crippen LogP contribution in [-0.4, -0.2) is 31.4 Å². The zero-order valence-electron chi connectivity index (χ0n) is 13.2. The molecule has 21 heavy (non-hydrogen) atoms. The van der Waals surface area contributed by atoms with Gasteiger partial charge in [0.1, 0.15) is 0 Å². The quantitative estimate of drug-likeness (QED) is 0.892. The van der Waals surface area contributed by atoms with Crippen LogP contribution in [0.5, 0.6) is 0 Å². The maximum Gasteiger partial charge on any atom is 0.0953 e. The Morgan fingerprint density at radius 3 is 2.67 bits per heavy atom. The maximum absolute atomic E-state index is 6.33. The second kappa shape index (κ2) is 7.59. The molecule has 3 nitrogen and oxygen atoms in total. The first-order chi connectivity index (χ1) is 9.94. The van der Waals surface area contributed by atoms with Gasteiger partial charge in [0.25, 0.3) is 0 Å². The van der Waals surface area contributed by atoms with Gasteiger partial charge in [-0.1, -0.05) is 23.7 Å². The van der Waals surface area contributed by atoms with Gasteiger partial charge in [0.05, 0.1) is 12.2 Å². The average molecular weight is 312 g/mol. The largest absolute Gasteiger partial charge is 0.381 e. The molecule has 4 heteroatoms. The van der Waals surface area contributed by atoms with Crippen LogP contribution >= 0.6 is 11.6 Å². The van der Waals surface area contributed by atoms with Crippen LogP contribution in [0.4, 0.5) is 0 Å². The first-order valence-corrected chi connectivity index (χ1v) is 8.05. The predicted molar refractivity (Wildman–Crippen MR) is 86.9 cm³/mol. The van der Waals surface area contributed by atoms with Crippen LogP contribution in [0.1, 0.15) is 45.3 Å². The Labute approximate surface area is 133 Å². The molecule has 1 aromatic carbocycles. The Bertz CT molecular complexity index is 439. The van der Waals surface area contributed by atoms with E-state index in [-0.39, 0.29) is 17.7 Å². The zero-order valence-corrected chi connectivity index (χ0v) is 14.0. The SMILES string of the molecule is CC(C)(C)NCC(OC1CCOCC1)c1cccc(Cl)c1. The molecule has 0 spiro atoms. The fraction of sp³-hybridized carbons (Fsp3) is 0.647. The molecule has 1 N–H and O–H groups in total. The highest BCUT2D eigenvalue weighted by molar-refractivity contribution is 6.30. The molecule has 1 aromatic rings. The topological polar surface area (TPSA) is 30.5 Å². The summed E-state index contributed by atoms with van der Waals surface area (Å²) in [6, 6.07) is 7.96. The van der Waals surface area contributed by atoms with Crippen molar-refractivity contribution in [3.63, 3.8) is 0 Å². The summed E-state index contributed by atoms with van der Waals surface area (Å²) in [6.45, 7) is 8.85. The minimum atomic E-state index is 0.0195. The Balaban J connectivity index is 2.05. The van der Waals surface area contributed by atoms with Crippen LogP contribution in [0, 0.1) is 0 Å². The molecule has 1 heterocycles. The molecule has 1 unspecified atom stereocenters. The minimum absolute atomic E-state index is 0.0195. The highest BCUT2D eigenvalue weighted by Crippen LogP contribution is 2.25. The van der Waals surface area contributed by atoms with Crippen molar-refractivity contribution in [3.8, 4) is 0 Å². The molecule has 1 fully saturated rings. The van der Waals surface area contributed by atoms with Gasteiger partial charge >= 0.3 is 0 Å². The summed E-state index contributed by atoms with van der Waals surface area (Å²) in [5.74, 6) is 0. The number of halogens is 1. The fourth-order valence-corrected chi connectivity index (χ4v) is 2.59. The first kappa shape index (κ1) is 16.8. The highest BCUT2D eigenvalue weighted by atomic mass is 35.5. The van der Waals surface area contributed by atoms with E-state index in [1.165, 1.54) is 0 Å². The summed E-state index contributed by atoms with van der Waals surface area (Å²) in [6.07, 6.45) is 2.22. The van der Waals surface area contributed by atoms with Crippen LogP contribution < -0.4 is 5.32 Å². The second-order valence-electron chi connectivity index (χ2n) is 6.62. The van der Waals surface area contributed by atoms with Crippen LogP contribution in [0.15, 0.2) is 24.3 Å². The lowest BCUT2D eigenvalue weighted by atomic mass is 10.0. The van der Waals surface area contributed by atoms with Crippen LogP contribution in [0.25, 0.3) is 0 Å². The maximum atomic E-state index is 6.33. The summed E-state index contributed by atoms with van der Waals surface area (Å²) >= 11 is 6.13. The minimum Gasteiger partial charge on any atom is -0.381 e. The lowest BCUT2D eigenvalue weighted by Crippen LogP contribution is -2.40. The van der Waals surface area contributed by atoms with Crippen molar-refractivity contribution in [2.45, 2.75) is 51.4 Å². The van der Waals surface area contributed by atoms with E-state index in [0.29, 0.717) is 0 Å². The van der Waals surface area contributed by atoms with Crippen molar-refractivity contribution in [1.29, 1.82) is 0 Å². The van der Waals surface area contributed by atoms with E-state index in [9.17, 15) is 0 Å². The standard InChI is InChI=1S/C17H26ClNO2/c1-17(2,3)19-12-16(13-5-4-6-14(18)11-13)21-15-7-9-20-10-8-15/h4-6,11,15-16,19H,7-10,12H2,1-3H3. The van der Waals surface area contributed by atoms with Gasteiger partial charge in [-0.05, 0) is 51.3 Å². The van der Waals surface area contributed by atoms with Gasteiger partial charge in [0.2, 0.25) is 0 Å². The molecular formula is C17H26ClNO2. The number of hydrogen-bond acceptors (Lipinski definition) is 3. The average Bonchev–Trinajstić information content (AvgIpc) is 2.43. The fourth-order valence-electron chi connectivity index (χ4n) is 2.39. The van der Waals surface area contributed by atoms with E-state index in [1.54, 1.807) is 0 Å². The zero-order chi connectivity index (χ0) is 15.3. The molecule has 0 amide bonds. The van der Waals surface area contributed by atoms with Crippen molar-refractivity contribution in [1.82, 2.24) is 5.32 Å². The van der Waals surface area contributed by atoms with Gasteiger partial charge in [-0.3, -0.25) is 0 Å². The molecule has 1 atom stereocenters. The first-order valence-electron chi connectivity index (χ1n) is 7.68. The van der Waals surface area contributed by atoms with Crippen molar-refractivity contribution in [2.75, 3.05) is 19.8 Å². The molecule has 0 saturated carbocycles. The summed E-state index contributed by atoms with van der Waals surface area (Å²) in [7, 11) is 0. The Morgan fingerprint density at radius 1 is 1.33 bits per heavy atom. The molecule has 0 aromatic heterocycles. The molecule has 1 aliphatic rings. The van der Waals surface area contributed by atoms with E-state index >= 15 is 0 Å². The van der Waals surface area contributed by atoms with Gasteiger partial charge < -0.3 is 14.8 Å². The van der Waals surface area contributed by atoms with Gasteiger partial charge in [0.15, 0.2) is 0 Å². The lowest BCUT2D eigenvalue weighted by molar-refractivity contribution is -0.0702. The number of nitrogens with one attached hydrogen (secondary N) is 1. The number of ether oxygens (including phenoxy) is 2. The molecule has 0 bridgehead atoms. The second-order valence-corrected chi connectivity index (χ2v) is 7.06. The van der Waals surface area contributed by atoms with E-state index < -0.39 is 0 Å². The summed E-state index contributed by atoms with van der Waals surface area (Å²) < 4.78 is 11.7. The van der Waals surface area contributed by atoms with Gasteiger partial charge in [-0.25, -0.2) is 0 Å². The number of rotatable bonds is 5. The van der Waals surface area contributed by atoms with Crippen molar-refractivity contribution >= 4 is 11.6 Å². The third-order valence-electron chi connectivity index (χ3n) is 3.56. The van der Waals surface area contributed by atoms with Crippen molar-refractivity contribution in [2.24, 2.45) is 0 Å². The van der Waals surface area contributed by atoms with E-state index in [1.807, 2.05) is 18.2 Å². The van der Waals surface area contributed by atoms with E-state index in [4.69, 9.17) is 21.1 Å². The third-order valence-corrected chi connectivity index (χ3v) is 3.80. The van der Waals surface area contributed by atoms with Gasteiger partial charge in [-0.15, -0.1) is 0 Å². The molecule has 1 saturated heterocycles. The molecule has 2 rings (SSSR count). The van der Waals surface area contributed by atoms with Crippen molar-refractivity contribution < 1.29 is 9.47 Å². The smallest absolute Gasteiger partial charge is 0.0953 e. The normalized spacial score (nSPS) is 18.7. The summed E-state index contributed by atoms with van der Waals surface area (Å²) in [5.41, 5.74) is 1.20. The highest BCUT2D eigenvalue weighted by Gasteiger charge is 2.22. The molecule has 118 valence electrons. The summed E-state index contributed by atoms with van der Waals surface area (Å²) in [5, 5.41) is 4.28. The van der Waals surface area contributed by atoms with E-state index in [0.717, 1.165) is 43.2 Å². The Morgan fingerprint density at radius 2 is 2.05 bits per heavy atom. The lowest BCUT2D eigenvalue weighted by Gasteiger charge is -2.30. The van der Waals surface area contributed by atoms with Crippen molar-refractivity contribution in [3.05, 3.63) is 34.9 Å². The monoisotopic (exact) mass is 311 g/mol. The predicted octanol–water partition coefficient (Wildman–Crippen LogP) is 3.96. The summed E-state index contributed by atoms with van der Waals surface area (Å²) in [4.78, 5) is 0. The number of benzene rings is 1. The molecule has 0 aliphatic carbocycles. The van der Waals surface area contributed by atoms with Gasteiger partial charge in [0, 0.05) is 30.3 Å². The third kappa shape index (κ3) is 5.95. The van der Waals surface area contributed by atoms with Crippen LogP contribution in [0.2, 0.25) is 5.02 Å².